The van der Waals surface area contributed by atoms with Gasteiger partial charge in [0.05, 0.1) is 13.2 Å². The number of ketones is 1. The summed E-state index contributed by atoms with van der Waals surface area (Å²) in [5.41, 5.74) is 2.36. The number of nitrogens with one attached hydrogen (secondary N) is 2. The van der Waals surface area contributed by atoms with Crippen LogP contribution < -0.4 is 10.6 Å². The van der Waals surface area contributed by atoms with Gasteiger partial charge in [-0.3, -0.25) is 14.4 Å². The van der Waals surface area contributed by atoms with Crippen molar-refractivity contribution in [2.45, 2.75) is 45.3 Å². The van der Waals surface area contributed by atoms with Gasteiger partial charge >= 0.3 is 0 Å². The second kappa shape index (κ2) is 15.4. The van der Waals surface area contributed by atoms with Crippen LogP contribution in [0.2, 0.25) is 0 Å². The molecule has 2 amide bonds. The lowest BCUT2D eigenvalue weighted by molar-refractivity contribution is -0.133. The van der Waals surface area contributed by atoms with Crippen molar-refractivity contribution in [1.82, 2.24) is 10.6 Å². The van der Waals surface area contributed by atoms with E-state index in [9.17, 15) is 18.8 Å². The molecule has 2 N–H and O–H groups in total. The lowest BCUT2D eigenvalue weighted by Crippen LogP contribution is -2.37. The standard InChI is InChI=1S/C31H35FN2O4/c1-23(20-34-31(37)26-13-8-14-27(32)19-26)15-18-30(36)33-21-28(35)29(17-16-24-9-4-2-5-10-24)38-22-25-11-6-3-7-12-25/h2-14,19,23,29H,15-18,20-22H2,1H3,(H,33,36)(H,34,37). The Bertz CT molecular complexity index is 1130. The van der Waals surface area contributed by atoms with E-state index in [1.54, 1.807) is 6.07 Å². The predicted octanol–water partition coefficient (Wildman–Crippen LogP) is 4.88. The first-order chi connectivity index (χ1) is 18.4. The maximum absolute atomic E-state index is 13.3. The summed E-state index contributed by atoms with van der Waals surface area (Å²) in [5.74, 6) is -1.19. The Kier molecular flexibility index (Phi) is 11.7. The van der Waals surface area contributed by atoms with Crippen LogP contribution in [0.25, 0.3) is 0 Å². The third-order valence-corrected chi connectivity index (χ3v) is 6.21. The monoisotopic (exact) mass is 518 g/mol. The number of halogens is 1. The molecule has 0 bridgehead atoms. The zero-order valence-corrected chi connectivity index (χ0v) is 21.7. The number of hydrogen-bond acceptors (Lipinski definition) is 4. The SMILES string of the molecule is CC(CCC(=O)NCC(=O)C(CCc1ccccc1)OCc1ccccc1)CNC(=O)c1cccc(F)c1. The molecule has 7 heteroatoms. The molecule has 0 saturated heterocycles. The van der Waals surface area contributed by atoms with Gasteiger partial charge in [0, 0.05) is 18.5 Å². The van der Waals surface area contributed by atoms with E-state index in [1.807, 2.05) is 67.6 Å². The van der Waals surface area contributed by atoms with Gasteiger partial charge in [-0.2, -0.15) is 0 Å². The number of Topliss-reactive ketones (excluding diaryl/α,β-unsaturated/α-hetero) is 1. The van der Waals surface area contributed by atoms with Crippen LogP contribution in [0, 0.1) is 11.7 Å². The normalized spacial score (nSPS) is 12.4. The Labute approximate surface area is 223 Å². The summed E-state index contributed by atoms with van der Waals surface area (Å²) in [6.45, 7) is 2.49. The highest BCUT2D eigenvalue weighted by atomic mass is 19.1. The minimum Gasteiger partial charge on any atom is -0.366 e. The van der Waals surface area contributed by atoms with Crippen LogP contribution >= 0.6 is 0 Å². The molecule has 0 heterocycles. The molecule has 2 unspecified atom stereocenters. The Morgan fingerprint density at radius 3 is 2.21 bits per heavy atom. The van der Waals surface area contributed by atoms with Crippen molar-refractivity contribution >= 4 is 17.6 Å². The van der Waals surface area contributed by atoms with Gasteiger partial charge in [0.2, 0.25) is 5.91 Å². The zero-order chi connectivity index (χ0) is 27.2. The average Bonchev–Trinajstić information content (AvgIpc) is 2.94. The number of amides is 2. The molecule has 0 fully saturated rings. The number of benzene rings is 3. The van der Waals surface area contributed by atoms with E-state index < -0.39 is 11.9 Å². The summed E-state index contributed by atoms with van der Waals surface area (Å²) in [6, 6.07) is 25.1. The highest BCUT2D eigenvalue weighted by molar-refractivity contribution is 5.94. The third-order valence-electron chi connectivity index (χ3n) is 6.21. The van der Waals surface area contributed by atoms with Gasteiger partial charge in [0.15, 0.2) is 5.78 Å². The number of hydrogen-bond donors (Lipinski definition) is 2. The summed E-state index contributed by atoms with van der Waals surface area (Å²) in [4.78, 5) is 37.5. The van der Waals surface area contributed by atoms with Crippen LogP contribution in [0.15, 0.2) is 84.9 Å². The molecule has 0 aliphatic heterocycles. The van der Waals surface area contributed by atoms with Crippen LogP contribution in [-0.2, 0) is 27.4 Å². The van der Waals surface area contributed by atoms with Gasteiger partial charge in [0.25, 0.3) is 5.91 Å². The third kappa shape index (κ3) is 10.3. The highest BCUT2D eigenvalue weighted by Gasteiger charge is 2.20. The molecule has 0 radical (unpaired) electrons. The fraction of sp³-hybridized carbons (Fsp3) is 0.323. The van der Waals surface area contributed by atoms with Crippen LogP contribution in [0.1, 0.15) is 47.7 Å². The van der Waals surface area contributed by atoms with E-state index in [-0.39, 0.29) is 42.0 Å². The lowest BCUT2D eigenvalue weighted by Gasteiger charge is -2.18. The second-order valence-electron chi connectivity index (χ2n) is 9.42. The van der Waals surface area contributed by atoms with E-state index >= 15 is 0 Å². The quantitative estimate of drug-likeness (QED) is 0.301. The zero-order valence-electron chi connectivity index (χ0n) is 21.7. The first kappa shape index (κ1) is 28.7. The van der Waals surface area contributed by atoms with Crippen molar-refractivity contribution in [2.75, 3.05) is 13.1 Å². The molecule has 0 aliphatic carbocycles. The molecule has 2 atom stereocenters. The van der Waals surface area contributed by atoms with Crippen LogP contribution in [0.5, 0.6) is 0 Å². The fourth-order valence-corrected chi connectivity index (χ4v) is 3.92. The molecule has 38 heavy (non-hydrogen) atoms. The second-order valence-corrected chi connectivity index (χ2v) is 9.42. The highest BCUT2D eigenvalue weighted by Crippen LogP contribution is 2.12. The molecule has 200 valence electrons. The number of ether oxygens (including phenoxy) is 1. The van der Waals surface area contributed by atoms with Gasteiger partial charge < -0.3 is 15.4 Å². The van der Waals surface area contributed by atoms with Gasteiger partial charge in [-0.1, -0.05) is 73.7 Å². The lowest BCUT2D eigenvalue weighted by atomic mass is 10.0. The summed E-state index contributed by atoms with van der Waals surface area (Å²) >= 11 is 0. The molecule has 0 aromatic heterocycles. The molecule has 3 aromatic carbocycles. The van der Waals surface area contributed by atoms with Crippen LogP contribution in [-0.4, -0.2) is 36.8 Å². The maximum atomic E-state index is 13.3. The predicted molar refractivity (Wildman–Crippen MR) is 145 cm³/mol. The van der Waals surface area contributed by atoms with Crippen molar-refractivity contribution in [2.24, 2.45) is 5.92 Å². The number of rotatable bonds is 15. The molecule has 0 spiro atoms. The number of carbonyl (C=O) groups excluding carboxylic acids is 3. The van der Waals surface area contributed by atoms with Crippen molar-refractivity contribution in [1.29, 1.82) is 0 Å². The van der Waals surface area contributed by atoms with Crippen molar-refractivity contribution < 1.29 is 23.5 Å². The van der Waals surface area contributed by atoms with Crippen LogP contribution in [0.3, 0.4) is 0 Å². The minimum atomic E-state index is -0.632. The van der Waals surface area contributed by atoms with Crippen molar-refractivity contribution in [3.8, 4) is 0 Å². The first-order valence-corrected chi connectivity index (χ1v) is 12.9. The molecule has 3 rings (SSSR count). The molecular formula is C31H35FN2O4. The van der Waals surface area contributed by atoms with E-state index in [0.29, 0.717) is 32.4 Å². The number of carbonyl (C=O) groups is 3. The topological polar surface area (TPSA) is 84.5 Å². The first-order valence-electron chi connectivity index (χ1n) is 12.9. The van der Waals surface area contributed by atoms with Gasteiger partial charge in [-0.25, -0.2) is 4.39 Å². The Hall–Kier alpha value is -3.84. The Morgan fingerprint density at radius 2 is 1.53 bits per heavy atom. The summed E-state index contributed by atoms with van der Waals surface area (Å²) in [6.07, 6.45) is 1.34. The van der Waals surface area contributed by atoms with Crippen LogP contribution in [0.4, 0.5) is 4.39 Å². The van der Waals surface area contributed by atoms with E-state index in [1.165, 1.54) is 18.2 Å². The van der Waals surface area contributed by atoms with Gasteiger partial charge in [-0.15, -0.1) is 0 Å². The molecule has 0 saturated carbocycles. The largest absolute Gasteiger partial charge is 0.366 e. The summed E-state index contributed by atoms with van der Waals surface area (Å²) in [7, 11) is 0. The molecule has 3 aromatic rings. The van der Waals surface area contributed by atoms with Crippen molar-refractivity contribution in [3.05, 3.63) is 107 Å². The minimum absolute atomic E-state index is 0.0294. The van der Waals surface area contributed by atoms with Gasteiger partial charge in [0.1, 0.15) is 11.9 Å². The summed E-state index contributed by atoms with van der Waals surface area (Å²) < 4.78 is 19.3. The van der Waals surface area contributed by atoms with E-state index in [2.05, 4.69) is 10.6 Å². The molecular weight excluding hydrogens is 483 g/mol. The van der Waals surface area contributed by atoms with Crippen molar-refractivity contribution in [3.63, 3.8) is 0 Å². The molecule has 6 nitrogen and oxygen atoms in total. The van der Waals surface area contributed by atoms with E-state index in [0.717, 1.165) is 11.1 Å². The maximum Gasteiger partial charge on any atom is 0.251 e. The fourth-order valence-electron chi connectivity index (χ4n) is 3.92. The smallest absolute Gasteiger partial charge is 0.251 e. The Balaban J connectivity index is 1.42. The summed E-state index contributed by atoms with van der Waals surface area (Å²) in [5, 5.41) is 5.48. The average molecular weight is 519 g/mol. The number of aryl methyl sites for hydroxylation is 1. The Morgan fingerprint density at radius 1 is 0.842 bits per heavy atom. The molecule has 0 aliphatic rings. The van der Waals surface area contributed by atoms with Gasteiger partial charge in [-0.05, 0) is 54.5 Å². The van der Waals surface area contributed by atoms with E-state index in [4.69, 9.17) is 4.74 Å².